The van der Waals surface area contributed by atoms with Gasteiger partial charge in [-0.15, -0.1) is 0 Å². The van der Waals surface area contributed by atoms with Crippen molar-refractivity contribution < 1.29 is 18.3 Å². The van der Waals surface area contributed by atoms with Crippen molar-refractivity contribution in [1.82, 2.24) is 5.32 Å². The van der Waals surface area contributed by atoms with Gasteiger partial charge >= 0.3 is 5.97 Å². The van der Waals surface area contributed by atoms with Crippen molar-refractivity contribution in [3.63, 3.8) is 0 Å². The molecule has 0 unspecified atom stereocenters. The third kappa shape index (κ3) is 3.77. The number of esters is 1. The Kier molecular flexibility index (Phi) is 4.78. The molecule has 0 heterocycles. The zero-order valence-corrected chi connectivity index (χ0v) is 10.7. The number of rotatable bonds is 5. The number of carbonyl (C=O) groups is 1. The van der Waals surface area contributed by atoms with Crippen molar-refractivity contribution in [2.45, 2.75) is 25.8 Å². The molecule has 1 aromatic carbocycles. The van der Waals surface area contributed by atoms with Gasteiger partial charge in [-0.05, 0) is 38.0 Å². The van der Waals surface area contributed by atoms with Crippen LogP contribution in [0.3, 0.4) is 0 Å². The summed E-state index contributed by atoms with van der Waals surface area (Å²) < 4.78 is 30.3. The molecule has 0 radical (unpaired) electrons. The fraction of sp³-hybridized carbons (Fsp3) is 0.462. The molecule has 5 heteroatoms. The van der Waals surface area contributed by atoms with Gasteiger partial charge in [0.25, 0.3) is 0 Å². The fourth-order valence-corrected chi connectivity index (χ4v) is 1.54. The van der Waals surface area contributed by atoms with Gasteiger partial charge < -0.3 is 10.1 Å². The SMILES string of the molecule is COC(=O)C(C)(C)NCCc1ccc(F)c(F)c1. The van der Waals surface area contributed by atoms with E-state index >= 15 is 0 Å². The number of halogens is 2. The van der Waals surface area contributed by atoms with Crippen LogP contribution >= 0.6 is 0 Å². The molecule has 1 N–H and O–H groups in total. The van der Waals surface area contributed by atoms with Crippen LogP contribution in [0.4, 0.5) is 8.78 Å². The molecule has 0 bridgehead atoms. The van der Waals surface area contributed by atoms with E-state index < -0.39 is 17.2 Å². The zero-order chi connectivity index (χ0) is 13.8. The normalized spacial score (nSPS) is 11.4. The predicted octanol–water partition coefficient (Wildman–Crippen LogP) is 2.05. The van der Waals surface area contributed by atoms with Crippen molar-refractivity contribution in [3.8, 4) is 0 Å². The lowest BCUT2D eigenvalue weighted by Crippen LogP contribution is -2.48. The number of benzene rings is 1. The second-order valence-electron chi connectivity index (χ2n) is 4.54. The van der Waals surface area contributed by atoms with Gasteiger partial charge in [0, 0.05) is 6.54 Å². The third-order valence-electron chi connectivity index (χ3n) is 2.66. The van der Waals surface area contributed by atoms with Gasteiger partial charge in [0.05, 0.1) is 7.11 Å². The lowest BCUT2D eigenvalue weighted by atomic mass is 10.1. The zero-order valence-electron chi connectivity index (χ0n) is 10.7. The molecular weight excluding hydrogens is 240 g/mol. The van der Waals surface area contributed by atoms with Crippen LogP contribution in [-0.4, -0.2) is 25.2 Å². The van der Waals surface area contributed by atoms with Crippen LogP contribution in [0.2, 0.25) is 0 Å². The second-order valence-corrected chi connectivity index (χ2v) is 4.54. The molecule has 0 aliphatic rings. The average molecular weight is 257 g/mol. The lowest BCUT2D eigenvalue weighted by molar-refractivity contribution is -0.147. The molecule has 0 amide bonds. The van der Waals surface area contributed by atoms with Crippen molar-refractivity contribution in [3.05, 3.63) is 35.4 Å². The monoisotopic (exact) mass is 257 g/mol. The second kappa shape index (κ2) is 5.91. The molecule has 18 heavy (non-hydrogen) atoms. The summed E-state index contributed by atoms with van der Waals surface area (Å²) in [6.07, 6.45) is 0.498. The minimum atomic E-state index is -0.861. The van der Waals surface area contributed by atoms with Gasteiger partial charge in [0.2, 0.25) is 0 Å². The molecular formula is C13H17F2NO2. The Morgan fingerprint density at radius 1 is 1.33 bits per heavy atom. The molecule has 0 atom stereocenters. The molecule has 100 valence electrons. The van der Waals surface area contributed by atoms with Crippen LogP contribution in [0, 0.1) is 11.6 Å². The van der Waals surface area contributed by atoms with Gasteiger partial charge in [-0.25, -0.2) is 8.78 Å². The number of hydrogen-bond donors (Lipinski definition) is 1. The number of ether oxygens (including phenoxy) is 1. The van der Waals surface area contributed by atoms with Crippen molar-refractivity contribution in [2.24, 2.45) is 0 Å². The van der Waals surface area contributed by atoms with Gasteiger partial charge in [-0.1, -0.05) is 6.07 Å². The van der Waals surface area contributed by atoms with E-state index in [2.05, 4.69) is 10.1 Å². The van der Waals surface area contributed by atoms with E-state index in [1.807, 2.05) is 0 Å². The summed E-state index contributed by atoms with van der Waals surface area (Å²) in [6.45, 7) is 3.86. The van der Waals surface area contributed by atoms with Gasteiger partial charge in [-0.3, -0.25) is 4.79 Å². The van der Waals surface area contributed by atoms with E-state index in [0.717, 1.165) is 12.1 Å². The molecule has 1 rings (SSSR count). The van der Waals surface area contributed by atoms with Crippen molar-refractivity contribution in [1.29, 1.82) is 0 Å². The Balaban J connectivity index is 2.51. The van der Waals surface area contributed by atoms with E-state index in [4.69, 9.17) is 0 Å². The first-order valence-electron chi connectivity index (χ1n) is 5.64. The van der Waals surface area contributed by atoms with Gasteiger partial charge in [0.15, 0.2) is 11.6 Å². The maximum atomic E-state index is 13.0. The summed E-state index contributed by atoms with van der Waals surface area (Å²) in [7, 11) is 1.32. The number of methoxy groups -OCH3 is 1. The fourth-order valence-electron chi connectivity index (χ4n) is 1.54. The molecule has 0 aliphatic carbocycles. The van der Waals surface area contributed by atoms with E-state index in [-0.39, 0.29) is 5.97 Å². The number of hydrogen-bond acceptors (Lipinski definition) is 3. The van der Waals surface area contributed by atoms with Crippen LogP contribution in [0.15, 0.2) is 18.2 Å². The predicted molar refractivity (Wildman–Crippen MR) is 64.2 cm³/mol. The van der Waals surface area contributed by atoms with Crippen LogP contribution in [0.1, 0.15) is 19.4 Å². The highest BCUT2D eigenvalue weighted by Crippen LogP contribution is 2.10. The largest absolute Gasteiger partial charge is 0.468 e. The standard InChI is InChI=1S/C13H17F2NO2/c1-13(2,12(17)18-3)16-7-6-9-4-5-10(14)11(15)8-9/h4-5,8,16H,6-7H2,1-3H3. The molecule has 1 aromatic rings. The Labute approximate surface area is 105 Å². The highest BCUT2D eigenvalue weighted by atomic mass is 19.2. The van der Waals surface area contributed by atoms with E-state index in [1.54, 1.807) is 13.8 Å². The molecule has 0 fully saturated rings. The Hall–Kier alpha value is -1.49. The summed E-state index contributed by atoms with van der Waals surface area (Å²) in [5, 5.41) is 3.00. The smallest absolute Gasteiger partial charge is 0.325 e. The molecule has 0 aliphatic heterocycles. The maximum Gasteiger partial charge on any atom is 0.325 e. The van der Waals surface area contributed by atoms with Crippen LogP contribution in [0.25, 0.3) is 0 Å². The Bertz CT molecular complexity index is 433. The number of nitrogens with one attached hydrogen (secondary N) is 1. The summed E-state index contributed by atoms with van der Waals surface area (Å²) >= 11 is 0. The topological polar surface area (TPSA) is 38.3 Å². The quantitative estimate of drug-likeness (QED) is 0.820. The third-order valence-corrected chi connectivity index (χ3v) is 2.66. The summed E-state index contributed by atoms with van der Waals surface area (Å²) in [5.74, 6) is -2.09. The highest BCUT2D eigenvalue weighted by molar-refractivity contribution is 5.79. The molecule has 0 spiro atoms. The number of carbonyl (C=O) groups excluding carboxylic acids is 1. The minimum absolute atomic E-state index is 0.368. The molecule has 0 saturated carbocycles. The maximum absolute atomic E-state index is 13.0. The molecule has 0 saturated heterocycles. The van der Waals surface area contributed by atoms with Gasteiger partial charge in [0.1, 0.15) is 5.54 Å². The summed E-state index contributed by atoms with van der Waals surface area (Å²) in [4.78, 5) is 11.4. The first kappa shape index (κ1) is 14.6. The van der Waals surface area contributed by atoms with Crippen molar-refractivity contribution >= 4 is 5.97 Å². The van der Waals surface area contributed by atoms with Crippen LogP contribution in [-0.2, 0) is 16.0 Å². The van der Waals surface area contributed by atoms with Crippen LogP contribution in [0.5, 0.6) is 0 Å². The Morgan fingerprint density at radius 3 is 2.56 bits per heavy atom. The first-order chi connectivity index (χ1) is 8.36. The van der Waals surface area contributed by atoms with E-state index in [1.165, 1.54) is 13.2 Å². The minimum Gasteiger partial charge on any atom is -0.468 e. The van der Waals surface area contributed by atoms with Crippen LogP contribution < -0.4 is 5.32 Å². The molecule has 0 aromatic heterocycles. The summed E-state index contributed by atoms with van der Waals surface area (Å²) in [5.41, 5.74) is -0.130. The average Bonchev–Trinajstić information content (AvgIpc) is 2.32. The van der Waals surface area contributed by atoms with E-state index in [9.17, 15) is 13.6 Å². The Morgan fingerprint density at radius 2 is 2.00 bits per heavy atom. The van der Waals surface area contributed by atoms with Gasteiger partial charge in [-0.2, -0.15) is 0 Å². The molecule has 3 nitrogen and oxygen atoms in total. The first-order valence-corrected chi connectivity index (χ1v) is 5.64. The van der Waals surface area contributed by atoms with Crippen molar-refractivity contribution in [2.75, 3.05) is 13.7 Å². The highest BCUT2D eigenvalue weighted by Gasteiger charge is 2.27. The van der Waals surface area contributed by atoms with E-state index in [0.29, 0.717) is 18.5 Å². The summed E-state index contributed by atoms with van der Waals surface area (Å²) in [6, 6.07) is 3.77. The lowest BCUT2D eigenvalue weighted by Gasteiger charge is -2.23.